The largest absolute Gasteiger partial charge is 0.395 e. The predicted octanol–water partition coefficient (Wildman–Crippen LogP) is 2.00. The summed E-state index contributed by atoms with van der Waals surface area (Å²) in [6, 6.07) is 4.56. The van der Waals surface area contributed by atoms with Gasteiger partial charge in [-0.2, -0.15) is 0 Å². The lowest BCUT2D eigenvalue weighted by atomic mass is 10.1. The number of hydrogen-bond acceptors (Lipinski definition) is 5. The SMILES string of the molecule is CC(=O)c1cc(N(CCO)C(C)C)ccc1[N+](=O)[O-]. The zero-order chi connectivity index (χ0) is 14.6. The smallest absolute Gasteiger partial charge is 0.280 e. The number of rotatable bonds is 6. The number of ketones is 1. The van der Waals surface area contributed by atoms with Gasteiger partial charge in [0.25, 0.3) is 5.69 Å². The first-order valence-electron chi connectivity index (χ1n) is 6.05. The van der Waals surface area contributed by atoms with Gasteiger partial charge in [-0.25, -0.2) is 0 Å². The van der Waals surface area contributed by atoms with Crippen molar-refractivity contribution in [2.24, 2.45) is 0 Å². The van der Waals surface area contributed by atoms with E-state index in [1.807, 2.05) is 18.7 Å². The Hall–Kier alpha value is -1.95. The number of carbonyl (C=O) groups is 1. The molecule has 1 aromatic rings. The molecule has 0 atom stereocenters. The highest BCUT2D eigenvalue weighted by Gasteiger charge is 2.20. The molecule has 104 valence electrons. The standard InChI is InChI=1S/C13H18N2O4/c1-9(2)14(6-7-16)11-4-5-13(15(18)19)12(8-11)10(3)17/h4-5,8-9,16H,6-7H2,1-3H3. The summed E-state index contributed by atoms with van der Waals surface area (Å²) in [5, 5.41) is 19.9. The first-order chi connectivity index (χ1) is 8.88. The van der Waals surface area contributed by atoms with Gasteiger partial charge in [0, 0.05) is 24.3 Å². The summed E-state index contributed by atoms with van der Waals surface area (Å²) in [4.78, 5) is 23.7. The molecule has 1 N–H and O–H groups in total. The number of anilines is 1. The van der Waals surface area contributed by atoms with E-state index in [2.05, 4.69) is 0 Å². The fourth-order valence-corrected chi connectivity index (χ4v) is 1.94. The second kappa shape index (κ2) is 6.29. The average molecular weight is 266 g/mol. The minimum Gasteiger partial charge on any atom is -0.395 e. The van der Waals surface area contributed by atoms with Gasteiger partial charge in [-0.15, -0.1) is 0 Å². The molecule has 0 radical (unpaired) electrons. The van der Waals surface area contributed by atoms with E-state index in [9.17, 15) is 14.9 Å². The first kappa shape index (κ1) is 15.1. The third kappa shape index (κ3) is 3.51. The molecule has 0 aromatic heterocycles. The predicted molar refractivity (Wildman–Crippen MR) is 72.7 cm³/mol. The number of aliphatic hydroxyl groups excluding tert-OH is 1. The van der Waals surface area contributed by atoms with E-state index in [0.717, 1.165) is 0 Å². The summed E-state index contributed by atoms with van der Waals surface area (Å²) in [7, 11) is 0. The molecule has 0 fully saturated rings. The van der Waals surface area contributed by atoms with E-state index >= 15 is 0 Å². The summed E-state index contributed by atoms with van der Waals surface area (Å²) in [5.74, 6) is -0.346. The maximum atomic E-state index is 11.5. The molecule has 0 amide bonds. The van der Waals surface area contributed by atoms with Crippen molar-refractivity contribution < 1.29 is 14.8 Å². The third-order valence-electron chi connectivity index (χ3n) is 2.85. The Morgan fingerprint density at radius 2 is 2.11 bits per heavy atom. The number of nitro groups is 1. The molecule has 0 spiro atoms. The molecule has 0 aliphatic carbocycles. The van der Waals surface area contributed by atoms with E-state index < -0.39 is 4.92 Å². The minimum absolute atomic E-state index is 0.0232. The van der Waals surface area contributed by atoms with Crippen LogP contribution in [0, 0.1) is 10.1 Å². The molecule has 6 heteroatoms. The highest BCUT2D eigenvalue weighted by molar-refractivity contribution is 5.99. The lowest BCUT2D eigenvalue weighted by molar-refractivity contribution is -0.385. The van der Waals surface area contributed by atoms with Crippen molar-refractivity contribution in [1.82, 2.24) is 0 Å². The summed E-state index contributed by atoms with van der Waals surface area (Å²) in [6.45, 7) is 5.59. The van der Waals surface area contributed by atoms with Crippen molar-refractivity contribution in [3.63, 3.8) is 0 Å². The topological polar surface area (TPSA) is 83.7 Å². The molecule has 0 aliphatic rings. The summed E-state index contributed by atoms with van der Waals surface area (Å²) >= 11 is 0. The van der Waals surface area contributed by atoms with E-state index in [0.29, 0.717) is 12.2 Å². The maximum Gasteiger partial charge on any atom is 0.280 e. The second-order valence-corrected chi connectivity index (χ2v) is 4.53. The van der Waals surface area contributed by atoms with Crippen LogP contribution in [-0.2, 0) is 0 Å². The van der Waals surface area contributed by atoms with Gasteiger partial charge in [-0.05, 0) is 32.9 Å². The molecule has 0 heterocycles. The van der Waals surface area contributed by atoms with Gasteiger partial charge in [-0.1, -0.05) is 0 Å². The maximum absolute atomic E-state index is 11.5. The number of Topliss-reactive ketones (excluding diaryl/α,β-unsaturated/α-hetero) is 1. The Bertz CT molecular complexity index is 486. The van der Waals surface area contributed by atoms with E-state index in [4.69, 9.17) is 5.11 Å². The molecule has 0 saturated heterocycles. The van der Waals surface area contributed by atoms with Crippen molar-refractivity contribution in [1.29, 1.82) is 0 Å². The number of hydrogen-bond donors (Lipinski definition) is 1. The van der Waals surface area contributed by atoms with Crippen molar-refractivity contribution in [3.05, 3.63) is 33.9 Å². The Morgan fingerprint density at radius 1 is 1.47 bits per heavy atom. The van der Waals surface area contributed by atoms with Crippen LogP contribution in [0.3, 0.4) is 0 Å². The zero-order valence-corrected chi connectivity index (χ0v) is 11.3. The lowest BCUT2D eigenvalue weighted by Crippen LogP contribution is -2.33. The third-order valence-corrected chi connectivity index (χ3v) is 2.85. The molecule has 19 heavy (non-hydrogen) atoms. The normalized spacial score (nSPS) is 10.6. The molecule has 1 rings (SSSR count). The Labute approximate surface area is 111 Å². The van der Waals surface area contributed by atoms with Crippen molar-refractivity contribution in [2.45, 2.75) is 26.8 Å². The van der Waals surface area contributed by atoms with Crippen LogP contribution in [0.15, 0.2) is 18.2 Å². The number of benzene rings is 1. The van der Waals surface area contributed by atoms with Crippen molar-refractivity contribution in [3.8, 4) is 0 Å². The minimum atomic E-state index is -0.563. The van der Waals surface area contributed by atoms with Crippen LogP contribution in [0.4, 0.5) is 11.4 Å². The van der Waals surface area contributed by atoms with Crippen LogP contribution in [0.5, 0.6) is 0 Å². The summed E-state index contributed by atoms with van der Waals surface area (Å²) in [5.41, 5.74) is 0.592. The highest BCUT2D eigenvalue weighted by atomic mass is 16.6. The van der Waals surface area contributed by atoms with Gasteiger partial charge >= 0.3 is 0 Å². The van der Waals surface area contributed by atoms with Crippen molar-refractivity contribution >= 4 is 17.2 Å². The average Bonchev–Trinajstić information content (AvgIpc) is 2.34. The number of nitro benzene ring substituents is 1. The fraction of sp³-hybridized carbons (Fsp3) is 0.462. The Morgan fingerprint density at radius 3 is 2.53 bits per heavy atom. The molecular formula is C13H18N2O4. The molecule has 0 unspecified atom stereocenters. The lowest BCUT2D eigenvalue weighted by Gasteiger charge is -2.28. The zero-order valence-electron chi connectivity index (χ0n) is 11.3. The fourth-order valence-electron chi connectivity index (χ4n) is 1.94. The van der Waals surface area contributed by atoms with E-state index in [1.165, 1.54) is 19.1 Å². The van der Waals surface area contributed by atoms with Crippen LogP contribution in [0.2, 0.25) is 0 Å². The van der Waals surface area contributed by atoms with E-state index in [-0.39, 0.29) is 29.7 Å². The van der Waals surface area contributed by atoms with Gasteiger partial charge in [0.2, 0.25) is 0 Å². The highest BCUT2D eigenvalue weighted by Crippen LogP contribution is 2.26. The number of carbonyl (C=O) groups excluding carboxylic acids is 1. The van der Waals surface area contributed by atoms with Crippen LogP contribution >= 0.6 is 0 Å². The molecule has 6 nitrogen and oxygen atoms in total. The monoisotopic (exact) mass is 266 g/mol. The molecule has 0 saturated carbocycles. The summed E-state index contributed by atoms with van der Waals surface area (Å²) in [6.07, 6.45) is 0. The van der Waals surface area contributed by atoms with Crippen LogP contribution in [0.25, 0.3) is 0 Å². The number of nitrogens with zero attached hydrogens (tertiary/aromatic N) is 2. The van der Waals surface area contributed by atoms with Gasteiger partial charge in [0.1, 0.15) is 0 Å². The van der Waals surface area contributed by atoms with Gasteiger partial charge in [-0.3, -0.25) is 14.9 Å². The molecule has 0 bridgehead atoms. The quantitative estimate of drug-likeness (QED) is 0.483. The van der Waals surface area contributed by atoms with Crippen LogP contribution in [-0.4, -0.2) is 35.0 Å². The van der Waals surface area contributed by atoms with Crippen LogP contribution in [0.1, 0.15) is 31.1 Å². The summed E-state index contributed by atoms with van der Waals surface area (Å²) < 4.78 is 0. The Kier molecular flexibility index (Phi) is 5.00. The molecule has 0 aliphatic heterocycles. The Balaban J connectivity index is 3.27. The second-order valence-electron chi connectivity index (χ2n) is 4.53. The first-order valence-corrected chi connectivity index (χ1v) is 6.05. The van der Waals surface area contributed by atoms with Gasteiger partial charge in [0.05, 0.1) is 17.1 Å². The molecule has 1 aromatic carbocycles. The number of aliphatic hydroxyl groups is 1. The van der Waals surface area contributed by atoms with Crippen LogP contribution < -0.4 is 4.90 Å². The van der Waals surface area contributed by atoms with Gasteiger partial charge in [0.15, 0.2) is 5.78 Å². The van der Waals surface area contributed by atoms with Crippen molar-refractivity contribution in [2.75, 3.05) is 18.1 Å². The van der Waals surface area contributed by atoms with E-state index in [1.54, 1.807) is 6.07 Å². The van der Waals surface area contributed by atoms with Gasteiger partial charge < -0.3 is 10.0 Å². The molecular weight excluding hydrogens is 248 g/mol.